The third kappa shape index (κ3) is 2.66. The zero-order valence-corrected chi connectivity index (χ0v) is 9.67. The molecule has 0 radical (unpaired) electrons. The van der Waals surface area contributed by atoms with Gasteiger partial charge in [-0.15, -0.1) is 0 Å². The molecule has 1 fully saturated rings. The Bertz CT molecular complexity index is 378. The van der Waals surface area contributed by atoms with Crippen LogP contribution in [0.5, 0.6) is 0 Å². The number of aromatic carboxylic acids is 1. The second kappa shape index (κ2) is 5.21. The fourth-order valence-corrected chi connectivity index (χ4v) is 3.00. The fraction of sp³-hybridized carbons (Fsp3) is 0.455. The summed E-state index contributed by atoms with van der Waals surface area (Å²) in [5.41, 5.74) is 0.722. The first-order valence-electron chi connectivity index (χ1n) is 5.27. The molecule has 0 spiro atoms. The predicted molar refractivity (Wildman–Crippen MR) is 65.1 cm³/mol. The molecule has 1 saturated heterocycles. The Morgan fingerprint density at radius 2 is 2.56 bits per heavy atom. The topological polar surface area (TPSA) is 62.2 Å². The van der Waals surface area contributed by atoms with Crippen LogP contribution in [-0.4, -0.2) is 34.1 Å². The average molecular weight is 238 g/mol. The molecule has 1 aliphatic rings. The fourth-order valence-electron chi connectivity index (χ4n) is 1.72. The number of carboxylic acids is 1. The van der Waals surface area contributed by atoms with Gasteiger partial charge in [-0.25, -0.2) is 9.78 Å². The quantitative estimate of drug-likeness (QED) is 0.839. The molecular formula is C11H14N2O2S. The van der Waals surface area contributed by atoms with Crippen molar-refractivity contribution in [3.05, 3.63) is 24.0 Å². The highest BCUT2D eigenvalue weighted by Crippen LogP contribution is 2.24. The molecule has 0 saturated carbocycles. The van der Waals surface area contributed by atoms with Crippen molar-refractivity contribution in [3.63, 3.8) is 0 Å². The van der Waals surface area contributed by atoms with Crippen molar-refractivity contribution in [2.45, 2.75) is 6.42 Å². The molecule has 86 valence electrons. The number of carboxylic acid groups (broad SMARTS) is 1. The molecule has 2 heterocycles. The zero-order chi connectivity index (χ0) is 11.4. The van der Waals surface area contributed by atoms with E-state index in [9.17, 15) is 4.79 Å². The second-order valence-corrected chi connectivity index (χ2v) is 4.97. The van der Waals surface area contributed by atoms with Gasteiger partial charge in [0, 0.05) is 12.7 Å². The van der Waals surface area contributed by atoms with Crippen LogP contribution in [0.1, 0.15) is 16.9 Å². The summed E-state index contributed by atoms with van der Waals surface area (Å²) >= 11 is 1.96. The molecule has 1 atom stereocenters. The maximum absolute atomic E-state index is 10.9. The number of carbonyl (C=O) groups is 1. The van der Waals surface area contributed by atoms with Crippen molar-refractivity contribution in [1.82, 2.24) is 4.98 Å². The van der Waals surface area contributed by atoms with Crippen LogP contribution in [0.2, 0.25) is 0 Å². The van der Waals surface area contributed by atoms with Crippen LogP contribution in [-0.2, 0) is 0 Å². The molecule has 4 nitrogen and oxygen atoms in total. The van der Waals surface area contributed by atoms with E-state index in [4.69, 9.17) is 5.11 Å². The molecule has 0 amide bonds. The number of anilines is 1. The molecular weight excluding hydrogens is 224 g/mol. The molecule has 0 aromatic carbocycles. The highest BCUT2D eigenvalue weighted by Gasteiger charge is 2.16. The van der Waals surface area contributed by atoms with Crippen molar-refractivity contribution in [3.8, 4) is 0 Å². The van der Waals surface area contributed by atoms with E-state index in [1.165, 1.54) is 18.4 Å². The first-order valence-corrected chi connectivity index (χ1v) is 6.43. The molecule has 5 heteroatoms. The van der Waals surface area contributed by atoms with Crippen LogP contribution in [0.15, 0.2) is 18.3 Å². The summed E-state index contributed by atoms with van der Waals surface area (Å²) in [5.74, 6) is 2.04. The largest absolute Gasteiger partial charge is 0.476 e. The summed E-state index contributed by atoms with van der Waals surface area (Å²) in [6, 6.07) is 3.51. The Balaban J connectivity index is 2.00. The second-order valence-electron chi connectivity index (χ2n) is 3.82. The Morgan fingerprint density at radius 3 is 3.25 bits per heavy atom. The lowest BCUT2D eigenvalue weighted by Crippen LogP contribution is -2.16. The van der Waals surface area contributed by atoms with Crippen LogP contribution in [0.4, 0.5) is 5.69 Å². The van der Waals surface area contributed by atoms with Crippen molar-refractivity contribution < 1.29 is 9.90 Å². The van der Waals surface area contributed by atoms with Crippen molar-refractivity contribution in [2.75, 3.05) is 23.4 Å². The number of pyridine rings is 1. The van der Waals surface area contributed by atoms with Gasteiger partial charge in [-0.1, -0.05) is 0 Å². The Kier molecular flexibility index (Phi) is 3.66. The number of nitrogens with one attached hydrogen (secondary N) is 1. The summed E-state index contributed by atoms with van der Waals surface area (Å²) in [7, 11) is 0. The lowest BCUT2D eigenvalue weighted by atomic mass is 10.1. The molecule has 0 aliphatic carbocycles. The van der Waals surface area contributed by atoms with E-state index >= 15 is 0 Å². The maximum atomic E-state index is 10.9. The van der Waals surface area contributed by atoms with Gasteiger partial charge in [-0.2, -0.15) is 11.8 Å². The maximum Gasteiger partial charge on any atom is 0.356 e. The van der Waals surface area contributed by atoms with E-state index in [2.05, 4.69) is 10.3 Å². The minimum Gasteiger partial charge on any atom is -0.476 e. The van der Waals surface area contributed by atoms with Gasteiger partial charge in [0.2, 0.25) is 0 Å². The minimum atomic E-state index is -0.983. The van der Waals surface area contributed by atoms with Gasteiger partial charge in [-0.3, -0.25) is 0 Å². The molecule has 0 bridgehead atoms. The first kappa shape index (κ1) is 11.3. The molecule has 1 aliphatic heterocycles. The minimum absolute atomic E-state index is 0.105. The third-order valence-electron chi connectivity index (χ3n) is 2.62. The molecule has 1 aromatic heterocycles. The summed E-state index contributed by atoms with van der Waals surface area (Å²) in [4.78, 5) is 14.8. The Hall–Kier alpha value is -1.23. The van der Waals surface area contributed by atoms with Gasteiger partial charge >= 0.3 is 5.97 Å². The highest BCUT2D eigenvalue weighted by molar-refractivity contribution is 7.99. The van der Waals surface area contributed by atoms with Gasteiger partial charge in [0.05, 0.1) is 5.69 Å². The number of nitrogens with zero attached hydrogens (tertiary/aromatic N) is 1. The van der Waals surface area contributed by atoms with Gasteiger partial charge < -0.3 is 10.4 Å². The average Bonchev–Trinajstić information content (AvgIpc) is 2.79. The predicted octanol–water partition coefficient (Wildman–Crippen LogP) is 1.94. The normalized spacial score (nSPS) is 19.6. The van der Waals surface area contributed by atoms with Crippen LogP contribution < -0.4 is 5.32 Å². The number of thioether (sulfide) groups is 1. The molecule has 2 N–H and O–H groups in total. The monoisotopic (exact) mass is 238 g/mol. The van der Waals surface area contributed by atoms with Crippen molar-refractivity contribution >= 4 is 23.4 Å². The first-order chi connectivity index (χ1) is 7.77. The molecule has 2 rings (SSSR count). The summed E-state index contributed by atoms with van der Waals surface area (Å²) in [5, 5.41) is 12.1. The standard InChI is InChI=1S/C11H14N2O2S/c14-11(15)10-9(2-1-4-12-10)13-6-8-3-5-16-7-8/h1-2,4,8,13H,3,5-7H2,(H,14,15). The van der Waals surface area contributed by atoms with Gasteiger partial charge in [0.25, 0.3) is 0 Å². The SMILES string of the molecule is O=C(O)c1ncccc1NCC1CCSC1. The van der Waals surface area contributed by atoms with E-state index in [0.717, 1.165) is 12.3 Å². The van der Waals surface area contributed by atoms with Crippen molar-refractivity contribution in [1.29, 1.82) is 0 Å². The van der Waals surface area contributed by atoms with E-state index in [0.29, 0.717) is 11.6 Å². The highest BCUT2D eigenvalue weighted by atomic mass is 32.2. The summed E-state index contributed by atoms with van der Waals surface area (Å²) < 4.78 is 0. The van der Waals surface area contributed by atoms with Crippen LogP contribution >= 0.6 is 11.8 Å². The van der Waals surface area contributed by atoms with Crippen LogP contribution in [0, 0.1) is 5.92 Å². The lowest BCUT2D eigenvalue weighted by Gasteiger charge is -2.12. The smallest absolute Gasteiger partial charge is 0.356 e. The van der Waals surface area contributed by atoms with Gasteiger partial charge in [-0.05, 0) is 36.0 Å². The Labute approximate surface area is 98.5 Å². The van der Waals surface area contributed by atoms with E-state index in [-0.39, 0.29) is 5.69 Å². The molecule has 16 heavy (non-hydrogen) atoms. The van der Waals surface area contributed by atoms with Crippen LogP contribution in [0.25, 0.3) is 0 Å². The number of aromatic nitrogens is 1. The van der Waals surface area contributed by atoms with Gasteiger partial charge in [0.15, 0.2) is 5.69 Å². The van der Waals surface area contributed by atoms with Crippen LogP contribution in [0.3, 0.4) is 0 Å². The summed E-state index contributed by atoms with van der Waals surface area (Å²) in [6.45, 7) is 0.832. The number of hydrogen-bond acceptors (Lipinski definition) is 4. The lowest BCUT2D eigenvalue weighted by molar-refractivity contribution is 0.0691. The number of rotatable bonds is 4. The zero-order valence-electron chi connectivity index (χ0n) is 8.85. The van der Waals surface area contributed by atoms with Gasteiger partial charge in [0.1, 0.15) is 0 Å². The molecule has 1 unspecified atom stereocenters. The number of hydrogen-bond donors (Lipinski definition) is 2. The molecule has 1 aromatic rings. The Morgan fingerprint density at radius 1 is 1.69 bits per heavy atom. The summed E-state index contributed by atoms with van der Waals surface area (Å²) in [6.07, 6.45) is 2.71. The van der Waals surface area contributed by atoms with E-state index in [1.54, 1.807) is 12.1 Å². The van der Waals surface area contributed by atoms with E-state index < -0.39 is 5.97 Å². The van der Waals surface area contributed by atoms with Crippen molar-refractivity contribution in [2.24, 2.45) is 5.92 Å². The van der Waals surface area contributed by atoms with E-state index in [1.807, 2.05) is 11.8 Å². The third-order valence-corrected chi connectivity index (χ3v) is 3.85.